The molecule has 1 aliphatic rings. The average Bonchev–Trinajstić information content (AvgIpc) is 2.59. The summed E-state index contributed by atoms with van der Waals surface area (Å²) >= 11 is 0. The van der Waals surface area contributed by atoms with E-state index in [9.17, 15) is 18.0 Å². The number of nitrogens with one attached hydrogen (secondary N) is 1. The number of alkyl halides is 3. The van der Waals surface area contributed by atoms with E-state index in [2.05, 4.69) is 15.5 Å². The van der Waals surface area contributed by atoms with Crippen molar-refractivity contribution in [3.8, 4) is 0 Å². The van der Waals surface area contributed by atoms with Gasteiger partial charge in [-0.3, -0.25) is 4.79 Å². The largest absolute Gasteiger partial charge is 0.435 e. The minimum Gasteiger partial charge on any atom is -0.357 e. The van der Waals surface area contributed by atoms with Gasteiger partial charge in [0.1, 0.15) is 6.04 Å². The van der Waals surface area contributed by atoms with Crippen molar-refractivity contribution in [2.24, 2.45) is 0 Å². The number of amides is 1. The lowest BCUT2D eigenvalue weighted by atomic mass is 9.93. The van der Waals surface area contributed by atoms with Crippen LogP contribution in [-0.4, -0.2) is 29.2 Å². The number of hydrogen-bond acceptors (Lipinski definition) is 4. The third-order valence-electron chi connectivity index (χ3n) is 4.03. The van der Waals surface area contributed by atoms with Crippen molar-refractivity contribution in [3.63, 3.8) is 0 Å². The van der Waals surface area contributed by atoms with Crippen molar-refractivity contribution in [1.29, 1.82) is 0 Å². The van der Waals surface area contributed by atoms with E-state index >= 15 is 0 Å². The summed E-state index contributed by atoms with van der Waals surface area (Å²) in [6, 6.07) is 9.24. The first-order valence-corrected chi connectivity index (χ1v) is 7.36. The van der Waals surface area contributed by atoms with Gasteiger partial charge < -0.3 is 10.2 Å². The second-order valence-corrected chi connectivity index (χ2v) is 5.51. The monoisotopic (exact) mass is 336 g/mol. The molecule has 1 aliphatic heterocycles. The number of carbonyl (C=O) groups excluding carboxylic acids is 1. The predicted octanol–water partition coefficient (Wildman–Crippen LogP) is 2.17. The molecule has 5 nitrogen and oxygen atoms in total. The maximum Gasteiger partial charge on any atom is 0.435 e. The van der Waals surface area contributed by atoms with Gasteiger partial charge >= 0.3 is 6.18 Å². The maximum absolute atomic E-state index is 12.6. The van der Waals surface area contributed by atoms with Gasteiger partial charge in [0.05, 0.1) is 0 Å². The molecule has 0 fully saturated rings. The van der Waals surface area contributed by atoms with Gasteiger partial charge in [-0.15, -0.1) is 10.2 Å². The number of anilines is 1. The topological polar surface area (TPSA) is 58.1 Å². The molecule has 126 valence electrons. The van der Waals surface area contributed by atoms with Crippen LogP contribution in [0, 0.1) is 0 Å². The van der Waals surface area contributed by atoms with E-state index in [-0.39, 0.29) is 11.7 Å². The third-order valence-corrected chi connectivity index (χ3v) is 4.03. The van der Waals surface area contributed by atoms with Crippen molar-refractivity contribution < 1.29 is 18.0 Å². The molecule has 0 bridgehead atoms. The zero-order valence-electron chi connectivity index (χ0n) is 12.8. The molecule has 0 saturated carbocycles. The second kappa shape index (κ2) is 6.10. The first-order valence-electron chi connectivity index (χ1n) is 7.36. The summed E-state index contributed by atoms with van der Waals surface area (Å²) in [4.78, 5) is 13.9. The molecular weight excluding hydrogens is 321 g/mol. The number of rotatable bonds is 2. The van der Waals surface area contributed by atoms with Crippen LogP contribution in [0.25, 0.3) is 0 Å². The van der Waals surface area contributed by atoms with Gasteiger partial charge in [-0.25, -0.2) is 0 Å². The van der Waals surface area contributed by atoms with Crippen LogP contribution >= 0.6 is 0 Å². The van der Waals surface area contributed by atoms with Gasteiger partial charge in [-0.1, -0.05) is 24.3 Å². The number of likely N-dealkylation sites (N-methyl/N-ethyl adjacent to an activating group) is 1. The lowest BCUT2D eigenvalue weighted by molar-refractivity contribution is -0.141. The molecule has 1 atom stereocenters. The Balaban J connectivity index is 1.96. The van der Waals surface area contributed by atoms with Gasteiger partial charge in [-0.05, 0) is 23.3 Å². The van der Waals surface area contributed by atoms with Crippen LogP contribution in [0.1, 0.15) is 16.8 Å². The molecule has 8 heteroatoms. The quantitative estimate of drug-likeness (QED) is 0.913. The van der Waals surface area contributed by atoms with Crippen LogP contribution < -0.4 is 10.2 Å². The summed E-state index contributed by atoms with van der Waals surface area (Å²) in [7, 11) is 1.53. The molecule has 1 aromatic heterocycles. The van der Waals surface area contributed by atoms with Crippen LogP contribution in [0.5, 0.6) is 0 Å². The number of halogens is 3. The van der Waals surface area contributed by atoms with Crippen molar-refractivity contribution in [2.45, 2.75) is 25.2 Å². The highest BCUT2D eigenvalue weighted by molar-refractivity contribution is 5.85. The standard InChI is InChI=1S/C16H15F3N4O/c1-20-15(24)12-8-10-4-2-3-5-11(10)9-23(12)14-7-6-13(21-22-14)16(17,18)19/h2-7,12H,8-9H2,1H3,(H,20,24)/t12-/m0/s1. The molecule has 1 aromatic carbocycles. The molecule has 0 saturated heterocycles. The highest BCUT2D eigenvalue weighted by Gasteiger charge is 2.35. The van der Waals surface area contributed by atoms with Gasteiger partial charge in [0.2, 0.25) is 5.91 Å². The second-order valence-electron chi connectivity index (χ2n) is 5.51. The molecular formula is C16H15F3N4O. The van der Waals surface area contributed by atoms with E-state index in [1.807, 2.05) is 24.3 Å². The normalized spacial score (nSPS) is 17.3. The molecule has 24 heavy (non-hydrogen) atoms. The molecule has 2 heterocycles. The number of nitrogens with zero attached hydrogens (tertiary/aromatic N) is 3. The van der Waals surface area contributed by atoms with Crippen molar-refractivity contribution in [2.75, 3.05) is 11.9 Å². The Hall–Kier alpha value is -2.64. The molecule has 0 unspecified atom stereocenters. The van der Waals surface area contributed by atoms with Gasteiger partial charge in [-0.2, -0.15) is 13.2 Å². The van der Waals surface area contributed by atoms with Crippen LogP contribution in [0.15, 0.2) is 36.4 Å². The summed E-state index contributed by atoms with van der Waals surface area (Å²) < 4.78 is 37.9. The lowest BCUT2D eigenvalue weighted by Crippen LogP contribution is -2.50. The molecule has 2 aromatic rings. The minimum absolute atomic E-state index is 0.216. The molecule has 0 radical (unpaired) electrons. The van der Waals surface area contributed by atoms with E-state index < -0.39 is 17.9 Å². The molecule has 3 rings (SSSR count). The number of carbonyl (C=O) groups is 1. The molecule has 1 N–H and O–H groups in total. The summed E-state index contributed by atoms with van der Waals surface area (Å²) in [5.74, 6) is 0.0253. The number of hydrogen-bond donors (Lipinski definition) is 1. The molecule has 1 amide bonds. The van der Waals surface area contributed by atoms with Gasteiger partial charge in [0, 0.05) is 20.0 Å². The predicted molar refractivity (Wildman–Crippen MR) is 81.2 cm³/mol. The smallest absolute Gasteiger partial charge is 0.357 e. The minimum atomic E-state index is -4.54. The Morgan fingerprint density at radius 2 is 1.88 bits per heavy atom. The van der Waals surface area contributed by atoms with E-state index in [0.717, 1.165) is 17.2 Å². The van der Waals surface area contributed by atoms with Gasteiger partial charge in [0.25, 0.3) is 0 Å². The summed E-state index contributed by atoms with van der Waals surface area (Å²) in [5.41, 5.74) is 1.00. The zero-order chi connectivity index (χ0) is 17.3. The maximum atomic E-state index is 12.6. The fraction of sp³-hybridized carbons (Fsp3) is 0.312. The van der Waals surface area contributed by atoms with Crippen molar-refractivity contribution in [1.82, 2.24) is 15.5 Å². The molecule has 0 aliphatic carbocycles. The fourth-order valence-corrected chi connectivity index (χ4v) is 2.79. The highest BCUT2D eigenvalue weighted by atomic mass is 19.4. The Kier molecular flexibility index (Phi) is 4.13. The third kappa shape index (κ3) is 3.04. The van der Waals surface area contributed by atoms with Crippen LogP contribution in [0.3, 0.4) is 0 Å². The Labute approximate surface area is 136 Å². The van der Waals surface area contributed by atoms with Crippen LogP contribution in [0.4, 0.5) is 19.0 Å². The van der Waals surface area contributed by atoms with Crippen molar-refractivity contribution >= 4 is 11.7 Å². The van der Waals surface area contributed by atoms with Crippen molar-refractivity contribution in [3.05, 3.63) is 53.2 Å². The summed E-state index contributed by atoms with van der Waals surface area (Å²) in [5, 5.41) is 9.53. The first-order chi connectivity index (χ1) is 11.4. The number of fused-ring (bicyclic) bond motifs is 1. The summed E-state index contributed by atoms with van der Waals surface area (Å²) in [6.45, 7) is 0.383. The van der Waals surface area contributed by atoms with E-state index in [1.165, 1.54) is 13.1 Å². The van der Waals surface area contributed by atoms with E-state index in [4.69, 9.17) is 0 Å². The Morgan fingerprint density at radius 3 is 2.46 bits per heavy atom. The Morgan fingerprint density at radius 1 is 1.17 bits per heavy atom. The highest BCUT2D eigenvalue weighted by Crippen LogP contribution is 2.30. The van der Waals surface area contributed by atoms with E-state index in [1.54, 1.807) is 4.90 Å². The number of aromatic nitrogens is 2. The van der Waals surface area contributed by atoms with E-state index in [0.29, 0.717) is 13.0 Å². The lowest BCUT2D eigenvalue weighted by Gasteiger charge is -2.36. The SMILES string of the molecule is CNC(=O)[C@@H]1Cc2ccccc2CN1c1ccc(C(F)(F)F)nn1. The molecule has 0 spiro atoms. The summed E-state index contributed by atoms with van der Waals surface area (Å²) in [6.07, 6.45) is -4.08. The Bertz CT molecular complexity index is 746. The zero-order valence-corrected chi connectivity index (χ0v) is 12.8. The first kappa shape index (κ1) is 16.2. The fourth-order valence-electron chi connectivity index (χ4n) is 2.79. The van der Waals surface area contributed by atoms with Crippen LogP contribution in [0.2, 0.25) is 0 Å². The van der Waals surface area contributed by atoms with Crippen LogP contribution in [-0.2, 0) is 23.9 Å². The number of benzene rings is 1. The average molecular weight is 336 g/mol. The van der Waals surface area contributed by atoms with Gasteiger partial charge in [0.15, 0.2) is 11.5 Å².